The number of hydrogen-bond acceptors (Lipinski definition) is 6. The number of carbonyl (C=O) groups excluding carboxylic acids is 1. The molecule has 0 aliphatic heterocycles. The molecule has 21 heavy (non-hydrogen) atoms. The summed E-state index contributed by atoms with van der Waals surface area (Å²) in [6, 6.07) is 4.50. The third-order valence-electron chi connectivity index (χ3n) is 2.79. The molecule has 0 spiro atoms. The number of rotatable bonds is 5. The lowest BCUT2D eigenvalue weighted by molar-refractivity contribution is -0.385. The van der Waals surface area contributed by atoms with Crippen LogP contribution in [-0.2, 0) is 17.9 Å². The van der Waals surface area contributed by atoms with Crippen LogP contribution in [0.1, 0.15) is 11.3 Å². The van der Waals surface area contributed by atoms with E-state index >= 15 is 0 Å². The van der Waals surface area contributed by atoms with Gasteiger partial charge in [-0.05, 0) is 13.0 Å². The summed E-state index contributed by atoms with van der Waals surface area (Å²) < 4.78 is 1.35. The minimum atomic E-state index is -0.490. The molecule has 1 aromatic carbocycles. The molecule has 0 radical (unpaired) electrons. The van der Waals surface area contributed by atoms with Gasteiger partial charge < -0.3 is 11.1 Å². The van der Waals surface area contributed by atoms with Gasteiger partial charge in [0.15, 0.2) is 0 Å². The van der Waals surface area contributed by atoms with E-state index in [1.165, 1.54) is 10.7 Å². The number of nitrogens with one attached hydrogen (secondary N) is 1. The topological polar surface area (TPSA) is 129 Å². The predicted molar refractivity (Wildman–Crippen MR) is 74.4 cm³/mol. The second-order valence-electron chi connectivity index (χ2n) is 4.42. The van der Waals surface area contributed by atoms with Gasteiger partial charge in [0, 0.05) is 23.9 Å². The van der Waals surface area contributed by atoms with Crippen molar-refractivity contribution in [2.45, 2.75) is 20.0 Å². The monoisotopic (exact) mass is 290 g/mol. The first kappa shape index (κ1) is 14.6. The van der Waals surface area contributed by atoms with Crippen molar-refractivity contribution in [2.75, 3.05) is 5.32 Å². The summed E-state index contributed by atoms with van der Waals surface area (Å²) in [7, 11) is 0. The maximum atomic E-state index is 11.8. The zero-order valence-electron chi connectivity index (χ0n) is 11.3. The second kappa shape index (κ2) is 6.09. The highest BCUT2D eigenvalue weighted by Gasteiger charge is 2.13. The van der Waals surface area contributed by atoms with Crippen molar-refractivity contribution in [3.63, 3.8) is 0 Å². The molecule has 110 valence electrons. The van der Waals surface area contributed by atoms with Gasteiger partial charge in [0.2, 0.25) is 5.91 Å². The van der Waals surface area contributed by atoms with Gasteiger partial charge in [-0.1, -0.05) is 11.3 Å². The largest absolute Gasteiger partial charge is 0.325 e. The average Bonchev–Trinajstić information content (AvgIpc) is 2.88. The minimum absolute atomic E-state index is 0.0426. The van der Waals surface area contributed by atoms with Crippen LogP contribution < -0.4 is 11.1 Å². The number of carbonyl (C=O) groups is 1. The van der Waals surface area contributed by atoms with E-state index in [1.807, 2.05) is 0 Å². The number of nitrogens with two attached hydrogens (primary N) is 1. The van der Waals surface area contributed by atoms with Gasteiger partial charge >= 0.3 is 0 Å². The van der Waals surface area contributed by atoms with Crippen LogP contribution in [0.15, 0.2) is 24.4 Å². The second-order valence-corrected chi connectivity index (χ2v) is 4.42. The Hall–Kier alpha value is -2.81. The number of aromatic nitrogens is 3. The molecule has 1 aromatic heterocycles. The van der Waals surface area contributed by atoms with Crippen molar-refractivity contribution in [2.24, 2.45) is 5.73 Å². The molecule has 0 unspecified atom stereocenters. The molecule has 1 heterocycles. The van der Waals surface area contributed by atoms with Gasteiger partial charge in [-0.3, -0.25) is 14.9 Å². The normalized spacial score (nSPS) is 10.4. The predicted octanol–water partition coefficient (Wildman–Crippen LogP) is 0.592. The lowest BCUT2D eigenvalue weighted by atomic mass is 10.2. The summed E-state index contributed by atoms with van der Waals surface area (Å²) in [5.41, 5.74) is 6.82. The van der Waals surface area contributed by atoms with E-state index in [1.54, 1.807) is 25.3 Å². The number of nitrogens with zero attached hydrogens (tertiary/aromatic N) is 4. The van der Waals surface area contributed by atoms with E-state index in [9.17, 15) is 14.9 Å². The first-order chi connectivity index (χ1) is 9.99. The van der Waals surface area contributed by atoms with Crippen LogP contribution in [0.2, 0.25) is 0 Å². The number of hydrogen-bond donors (Lipinski definition) is 2. The Kier molecular flexibility index (Phi) is 4.24. The standard InChI is InChI=1S/C12H14N6O3/c1-8-2-3-9(4-11(8)18(20)21)14-12(19)7-17-6-10(5-13)15-16-17/h2-4,6H,5,7,13H2,1H3,(H,14,19). The Balaban J connectivity index is 2.05. The molecule has 2 aromatic rings. The molecule has 0 saturated carbocycles. The van der Waals surface area contributed by atoms with Gasteiger partial charge in [0.25, 0.3) is 5.69 Å². The number of amides is 1. The molecular formula is C12H14N6O3. The third-order valence-corrected chi connectivity index (χ3v) is 2.79. The first-order valence-corrected chi connectivity index (χ1v) is 6.13. The van der Waals surface area contributed by atoms with Gasteiger partial charge in [0.05, 0.1) is 16.8 Å². The molecule has 0 atom stereocenters. The summed E-state index contributed by atoms with van der Waals surface area (Å²) in [4.78, 5) is 22.2. The number of nitro groups is 1. The first-order valence-electron chi connectivity index (χ1n) is 6.13. The summed E-state index contributed by atoms with van der Waals surface area (Å²) in [6.07, 6.45) is 1.57. The maximum absolute atomic E-state index is 11.8. The van der Waals surface area contributed by atoms with E-state index in [0.717, 1.165) is 0 Å². The van der Waals surface area contributed by atoms with Crippen LogP contribution in [0.25, 0.3) is 0 Å². The van der Waals surface area contributed by atoms with Crippen molar-refractivity contribution < 1.29 is 9.72 Å². The zero-order valence-corrected chi connectivity index (χ0v) is 11.3. The van der Waals surface area contributed by atoms with Crippen LogP contribution >= 0.6 is 0 Å². The average molecular weight is 290 g/mol. The van der Waals surface area contributed by atoms with E-state index in [0.29, 0.717) is 16.9 Å². The van der Waals surface area contributed by atoms with E-state index < -0.39 is 4.92 Å². The van der Waals surface area contributed by atoms with Crippen LogP contribution in [0.4, 0.5) is 11.4 Å². The Morgan fingerprint density at radius 3 is 2.90 bits per heavy atom. The minimum Gasteiger partial charge on any atom is -0.325 e. The molecule has 0 saturated heterocycles. The van der Waals surface area contributed by atoms with Crippen LogP contribution in [0.3, 0.4) is 0 Å². The molecule has 9 nitrogen and oxygen atoms in total. The summed E-state index contributed by atoms with van der Waals surface area (Å²) in [5, 5.41) is 20.9. The fourth-order valence-corrected chi connectivity index (χ4v) is 1.74. The highest BCUT2D eigenvalue weighted by atomic mass is 16.6. The van der Waals surface area contributed by atoms with E-state index in [2.05, 4.69) is 15.6 Å². The maximum Gasteiger partial charge on any atom is 0.274 e. The fourth-order valence-electron chi connectivity index (χ4n) is 1.74. The van der Waals surface area contributed by atoms with Crippen molar-refractivity contribution in [3.8, 4) is 0 Å². The number of anilines is 1. The molecule has 0 fully saturated rings. The number of aryl methyl sites for hydroxylation is 1. The lowest BCUT2D eigenvalue weighted by Crippen LogP contribution is -2.19. The van der Waals surface area contributed by atoms with Crippen LogP contribution in [0, 0.1) is 17.0 Å². The Bertz CT molecular complexity index is 681. The summed E-state index contributed by atoms with van der Waals surface area (Å²) >= 11 is 0. The molecule has 0 aliphatic carbocycles. The molecule has 1 amide bonds. The van der Waals surface area contributed by atoms with Crippen molar-refractivity contribution in [1.82, 2.24) is 15.0 Å². The van der Waals surface area contributed by atoms with Gasteiger partial charge in [0.1, 0.15) is 6.54 Å². The van der Waals surface area contributed by atoms with Crippen molar-refractivity contribution in [1.29, 1.82) is 0 Å². The van der Waals surface area contributed by atoms with E-state index in [-0.39, 0.29) is 24.7 Å². The lowest BCUT2D eigenvalue weighted by Gasteiger charge is -2.06. The van der Waals surface area contributed by atoms with Crippen molar-refractivity contribution >= 4 is 17.3 Å². The summed E-state index contributed by atoms with van der Waals surface area (Å²) in [5.74, 6) is -0.360. The van der Waals surface area contributed by atoms with Gasteiger partial charge in [-0.15, -0.1) is 5.10 Å². The number of benzene rings is 1. The highest BCUT2D eigenvalue weighted by Crippen LogP contribution is 2.22. The molecule has 0 bridgehead atoms. The SMILES string of the molecule is Cc1ccc(NC(=O)Cn2cc(CN)nn2)cc1[N+](=O)[O-]. The third kappa shape index (κ3) is 3.60. The molecular weight excluding hydrogens is 276 g/mol. The van der Waals surface area contributed by atoms with Crippen LogP contribution in [-0.4, -0.2) is 25.8 Å². The summed E-state index contributed by atoms with van der Waals surface area (Å²) in [6.45, 7) is 1.83. The molecule has 9 heteroatoms. The Morgan fingerprint density at radius 2 is 2.29 bits per heavy atom. The van der Waals surface area contributed by atoms with Gasteiger partial charge in [-0.2, -0.15) is 0 Å². The Morgan fingerprint density at radius 1 is 1.52 bits per heavy atom. The molecule has 3 N–H and O–H groups in total. The Labute approximate surface area is 119 Å². The quantitative estimate of drug-likeness (QED) is 0.612. The molecule has 0 aliphatic rings. The highest BCUT2D eigenvalue weighted by molar-refractivity contribution is 5.90. The van der Waals surface area contributed by atoms with Crippen LogP contribution in [0.5, 0.6) is 0 Å². The van der Waals surface area contributed by atoms with E-state index in [4.69, 9.17) is 5.73 Å². The number of nitro benzene ring substituents is 1. The smallest absolute Gasteiger partial charge is 0.274 e. The fraction of sp³-hybridized carbons (Fsp3) is 0.250. The van der Waals surface area contributed by atoms with Gasteiger partial charge in [-0.25, -0.2) is 4.68 Å². The van der Waals surface area contributed by atoms with Crippen molar-refractivity contribution in [3.05, 3.63) is 45.8 Å². The zero-order chi connectivity index (χ0) is 15.4. The molecule has 2 rings (SSSR count).